The maximum Gasteiger partial charge on any atom is 0.257 e. The van der Waals surface area contributed by atoms with E-state index >= 15 is 0 Å². The van der Waals surface area contributed by atoms with Crippen molar-refractivity contribution >= 4 is 28.5 Å². The normalized spacial score (nSPS) is 10.8. The molecule has 3 rings (SSSR count). The third-order valence-corrected chi connectivity index (χ3v) is 4.06. The van der Waals surface area contributed by atoms with Crippen LogP contribution in [0, 0.1) is 12.3 Å². The summed E-state index contributed by atoms with van der Waals surface area (Å²) >= 11 is 5.93. The van der Waals surface area contributed by atoms with Gasteiger partial charge in [0.1, 0.15) is 5.56 Å². The Morgan fingerprint density at radius 2 is 2.20 bits per heavy atom. The summed E-state index contributed by atoms with van der Waals surface area (Å²) < 4.78 is 5.47. The van der Waals surface area contributed by atoms with Crippen LogP contribution in [0.5, 0.6) is 0 Å². The van der Waals surface area contributed by atoms with E-state index in [4.69, 9.17) is 21.4 Å². The summed E-state index contributed by atoms with van der Waals surface area (Å²) in [5.74, 6) is -0.436. The number of pyridine rings is 1. The van der Waals surface area contributed by atoms with Crippen LogP contribution in [0.2, 0.25) is 5.02 Å². The molecule has 0 aliphatic carbocycles. The summed E-state index contributed by atoms with van der Waals surface area (Å²) in [5.41, 5.74) is 2.20. The number of benzene rings is 1. The van der Waals surface area contributed by atoms with Gasteiger partial charge in [0.15, 0.2) is 5.58 Å². The second-order valence-electron chi connectivity index (χ2n) is 5.57. The molecule has 0 aliphatic rings. The highest BCUT2D eigenvalue weighted by molar-refractivity contribution is 6.30. The Kier molecular flexibility index (Phi) is 4.83. The van der Waals surface area contributed by atoms with E-state index in [9.17, 15) is 9.90 Å². The molecule has 2 aromatic heterocycles. The maximum absolute atomic E-state index is 12.4. The maximum atomic E-state index is 12.4. The van der Waals surface area contributed by atoms with E-state index in [0.717, 1.165) is 5.56 Å². The third-order valence-electron chi connectivity index (χ3n) is 3.83. The largest absolute Gasteiger partial charge is 0.436 e. The highest BCUT2D eigenvalue weighted by atomic mass is 35.5. The average molecular weight is 358 g/mol. The Balaban J connectivity index is 1.93. The second-order valence-corrected chi connectivity index (χ2v) is 6.01. The quantitative estimate of drug-likeness (QED) is 0.668. The molecule has 0 saturated carbocycles. The number of aryl methyl sites for hydroxylation is 1. The molecular formula is C18H16ClN3O3. The van der Waals surface area contributed by atoms with Crippen molar-refractivity contribution in [2.24, 2.45) is 0 Å². The smallest absolute Gasteiger partial charge is 0.257 e. The van der Waals surface area contributed by atoms with E-state index in [1.807, 2.05) is 6.07 Å². The fourth-order valence-corrected chi connectivity index (χ4v) is 2.73. The number of hydrogen-bond donors (Lipinski definition) is 3. The Morgan fingerprint density at radius 3 is 2.92 bits per heavy atom. The first kappa shape index (κ1) is 17.1. The van der Waals surface area contributed by atoms with Crippen molar-refractivity contribution < 1.29 is 14.3 Å². The number of aliphatic hydroxyl groups excluding tert-OH is 1. The van der Waals surface area contributed by atoms with Gasteiger partial charge >= 0.3 is 0 Å². The number of halogens is 1. The van der Waals surface area contributed by atoms with Gasteiger partial charge in [0.2, 0.25) is 5.55 Å². The number of carbonyl (C=O) groups excluding carboxylic acids is 1. The zero-order valence-electron chi connectivity index (χ0n) is 13.5. The highest BCUT2D eigenvalue weighted by Crippen LogP contribution is 2.20. The van der Waals surface area contributed by atoms with Crippen molar-refractivity contribution in [2.75, 3.05) is 0 Å². The molecule has 7 heteroatoms. The monoisotopic (exact) mass is 357 g/mol. The summed E-state index contributed by atoms with van der Waals surface area (Å²) in [6, 6.07) is 8.71. The van der Waals surface area contributed by atoms with Gasteiger partial charge in [0.05, 0.1) is 12.3 Å². The van der Waals surface area contributed by atoms with E-state index in [0.29, 0.717) is 27.2 Å². The zero-order chi connectivity index (χ0) is 18.0. The molecule has 1 amide bonds. The molecule has 0 fully saturated rings. The summed E-state index contributed by atoms with van der Waals surface area (Å²) in [5, 5.41) is 21.3. The molecule has 0 aliphatic heterocycles. The van der Waals surface area contributed by atoms with Crippen molar-refractivity contribution in [3.63, 3.8) is 0 Å². The van der Waals surface area contributed by atoms with Gasteiger partial charge in [0.25, 0.3) is 5.91 Å². The number of amides is 1. The van der Waals surface area contributed by atoms with Gasteiger partial charge in [-0.05, 0) is 30.7 Å². The molecule has 1 aromatic carbocycles. The fourth-order valence-electron chi connectivity index (χ4n) is 2.52. The van der Waals surface area contributed by atoms with Gasteiger partial charge in [-0.3, -0.25) is 15.2 Å². The molecular weight excluding hydrogens is 342 g/mol. The van der Waals surface area contributed by atoms with Crippen LogP contribution in [0.4, 0.5) is 0 Å². The molecule has 2 heterocycles. The number of nitrogens with zero attached hydrogens (tertiary/aromatic N) is 1. The molecule has 6 nitrogen and oxygen atoms in total. The summed E-state index contributed by atoms with van der Waals surface area (Å²) in [6.07, 6.45) is 1.53. The topological polar surface area (TPSA) is 99.2 Å². The number of fused-ring (bicyclic) bond motifs is 1. The number of nitrogens with one attached hydrogen (secondary N) is 2. The Bertz CT molecular complexity index is 1010. The molecule has 25 heavy (non-hydrogen) atoms. The lowest BCUT2D eigenvalue weighted by molar-refractivity contribution is 0.0946. The van der Waals surface area contributed by atoms with E-state index in [-0.39, 0.29) is 24.3 Å². The Hall–Kier alpha value is -2.70. The van der Waals surface area contributed by atoms with Crippen LogP contribution in [0.3, 0.4) is 0 Å². The minimum Gasteiger partial charge on any atom is -0.436 e. The predicted octanol–water partition coefficient (Wildman–Crippen LogP) is 2.69. The van der Waals surface area contributed by atoms with Crippen LogP contribution in [0.1, 0.15) is 27.2 Å². The first-order valence-corrected chi connectivity index (χ1v) is 7.98. The first-order chi connectivity index (χ1) is 12.0. The molecule has 3 N–H and O–H groups in total. The van der Waals surface area contributed by atoms with Crippen molar-refractivity contribution in [2.45, 2.75) is 20.1 Å². The molecule has 0 spiro atoms. The SMILES string of the molecule is Cc1ncc(CO)c2cc(C(=O)NCc3cccc(Cl)c3)c(=N)oc12. The van der Waals surface area contributed by atoms with Crippen molar-refractivity contribution in [1.82, 2.24) is 10.3 Å². The molecule has 128 valence electrons. The lowest BCUT2D eigenvalue weighted by Gasteiger charge is -2.09. The van der Waals surface area contributed by atoms with Gasteiger partial charge < -0.3 is 14.8 Å². The number of aliphatic hydroxyl groups is 1. The number of rotatable bonds is 4. The van der Waals surface area contributed by atoms with Crippen molar-refractivity contribution in [3.05, 3.63) is 69.5 Å². The van der Waals surface area contributed by atoms with Crippen LogP contribution in [-0.4, -0.2) is 16.0 Å². The van der Waals surface area contributed by atoms with Crippen LogP contribution >= 0.6 is 11.6 Å². The van der Waals surface area contributed by atoms with E-state index in [1.54, 1.807) is 31.2 Å². The van der Waals surface area contributed by atoms with E-state index < -0.39 is 5.91 Å². The summed E-state index contributed by atoms with van der Waals surface area (Å²) in [6.45, 7) is 1.78. The Morgan fingerprint density at radius 1 is 1.40 bits per heavy atom. The standard InChI is InChI=1S/C18H16ClN3O3/c1-10-16-14(12(9-23)8-21-10)6-15(17(20)25-16)18(24)22-7-11-3-2-4-13(19)5-11/h2-6,8,20,23H,7,9H2,1H3,(H,22,24). The highest BCUT2D eigenvalue weighted by Gasteiger charge is 2.15. The molecule has 0 radical (unpaired) electrons. The lowest BCUT2D eigenvalue weighted by Crippen LogP contribution is -2.28. The van der Waals surface area contributed by atoms with E-state index in [2.05, 4.69) is 10.3 Å². The molecule has 0 atom stereocenters. The van der Waals surface area contributed by atoms with Crippen LogP contribution < -0.4 is 10.9 Å². The Labute approximate surface area is 148 Å². The van der Waals surface area contributed by atoms with E-state index in [1.165, 1.54) is 6.20 Å². The van der Waals surface area contributed by atoms with Gasteiger partial charge in [-0.2, -0.15) is 0 Å². The fraction of sp³-hybridized carbons (Fsp3) is 0.167. The third kappa shape index (κ3) is 3.55. The summed E-state index contributed by atoms with van der Waals surface area (Å²) in [4.78, 5) is 16.6. The first-order valence-electron chi connectivity index (χ1n) is 7.60. The van der Waals surface area contributed by atoms with Crippen LogP contribution in [0.25, 0.3) is 11.0 Å². The number of hydrogen-bond acceptors (Lipinski definition) is 5. The van der Waals surface area contributed by atoms with Crippen molar-refractivity contribution in [3.8, 4) is 0 Å². The van der Waals surface area contributed by atoms with Gasteiger partial charge in [-0.25, -0.2) is 0 Å². The van der Waals surface area contributed by atoms with Gasteiger partial charge in [-0.1, -0.05) is 23.7 Å². The second kappa shape index (κ2) is 7.04. The number of carbonyl (C=O) groups is 1. The zero-order valence-corrected chi connectivity index (χ0v) is 14.2. The number of aromatic nitrogens is 1. The van der Waals surface area contributed by atoms with Crippen LogP contribution in [0.15, 0.2) is 40.9 Å². The van der Waals surface area contributed by atoms with Crippen molar-refractivity contribution in [1.29, 1.82) is 5.41 Å². The lowest BCUT2D eigenvalue weighted by atomic mass is 10.1. The summed E-state index contributed by atoms with van der Waals surface area (Å²) in [7, 11) is 0. The molecule has 0 unspecified atom stereocenters. The molecule has 0 saturated heterocycles. The molecule has 3 aromatic rings. The van der Waals surface area contributed by atoms with Gasteiger partial charge in [0, 0.05) is 28.7 Å². The van der Waals surface area contributed by atoms with Gasteiger partial charge in [-0.15, -0.1) is 0 Å². The predicted molar refractivity (Wildman–Crippen MR) is 93.1 cm³/mol. The average Bonchev–Trinajstić information content (AvgIpc) is 2.60. The minimum absolute atomic E-state index is 0.0924. The molecule has 0 bridgehead atoms. The minimum atomic E-state index is -0.436. The van der Waals surface area contributed by atoms with Crippen LogP contribution in [-0.2, 0) is 13.2 Å².